The van der Waals surface area contributed by atoms with E-state index in [1.165, 1.54) is 34.0 Å². The number of hydrogen-bond donors (Lipinski definition) is 1. The standard InChI is InChI=1S/C30H42N6.C7H5O2.Ir/c1-31-14-17-34(23-31)12-10-28-20-27(21-29(22-28)11-13-35-18-15-32(2)24-35)5-4-26-6-8-30(9-7-26)36-19-16-33(3)25-36;8-7(9)6-4-2-1-3-5-6;/h6-8,20-25H,4-5,10-19H2,1-3H3;1-4H,(H,8,9);/q-4;-1;. The fraction of sp³-hybridized carbons (Fsp3) is 0.405. The molecule has 0 saturated carbocycles. The number of likely N-dealkylation sites (N-methyl/N-ethyl adjacent to an activating group) is 3. The van der Waals surface area contributed by atoms with E-state index in [4.69, 9.17) is 5.11 Å². The number of benzene rings is 3. The number of rotatable bonds is 11. The molecule has 3 saturated heterocycles. The van der Waals surface area contributed by atoms with Crippen LogP contribution < -0.4 is 4.90 Å². The van der Waals surface area contributed by atoms with Gasteiger partial charge in [-0.05, 0) is 109 Å². The first-order valence-corrected chi connectivity index (χ1v) is 16.0. The Labute approximate surface area is 289 Å². The van der Waals surface area contributed by atoms with E-state index in [-0.39, 0.29) is 25.7 Å². The van der Waals surface area contributed by atoms with Crippen LogP contribution in [-0.4, -0.2) is 109 Å². The minimum Gasteiger partial charge on any atom is -0.528 e. The summed E-state index contributed by atoms with van der Waals surface area (Å²) < 4.78 is 0. The van der Waals surface area contributed by atoms with Gasteiger partial charge in [0.15, 0.2) is 0 Å². The Morgan fingerprint density at radius 1 is 0.696 bits per heavy atom. The van der Waals surface area contributed by atoms with E-state index in [2.05, 4.69) is 119 Å². The summed E-state index contributed by atoms with van der Waals surface area (Å²) in [5.41, 5.74) is 7.15. The third-order valence-electron chi connectivity index (χ3n) is 8.53. The van der Waals surface area contributed by atoms with Gasteiger partial charge >= 0.3 is 0 Å². The van der Waals surface area contributed by atoms with Gasteiger partial charge in [-0.1, -0.05) is 30.2 Å². The van der Waals surface area contributed by atoms with Gasteiger partial charge in [-0.25, -0.2) is 13.3 Å². The van der Waals surface area contributed by atoms with Crippen molar-refractivity contribution in [3.63, 3.8) is 0 Å². The summed E-state index contributed by atoms with van der Waals surface area (Å²) >= 11 is 0. The zero-order valence-electron chi connectivity index (χ0n) is 27.4. The number of carboxylic acid groups (broad SMARTS) is 1. The fourth-order valence-electron chi connectivity index (χ4n) is 5.92. The Bertz CT molecular complexity index is 1320. The second kappa shape index (κ2) is 18.1. The Hall–Kier alpha value is -2.62. The van der Waals surface area contributed by atoms with Gasteiger partial charge < -0.3 is 39.3 Å². The van der Waals surface area contributed by atoms with Crippen LogP contribution in [0, 0.1) is 32.1 Å². The second-order valence-electron chi connectivity index (χ2n) is 12.4. The summed E-state index contributed by atoms with van der Waals surface area (Å²) in [6.45, 7) is 15.6. The van der Waals surface area contributed by atoms with Gasteiger partial charge in [-0.15, -0.1) is 36.0 Å². The Morgan fingerprint density at radius 3 is 1.70 bits per heavy atom. The van der Waals surface area contributed by atoms with Crippen molar-refractivity contribution in [2.45, 2.75) is 25.7 Å². The third kappa shape index (κ3) is 11.3. The van der Waals surface area contributed by atoms with Crippen LogP contribution in [0.5, 0.6) is 0 Å². The van der Waals surface area contributed by atoms with Crippen molar-refractivity contribution in [3.05, 3.63) is 121 Å². The molecule has 0 unspecified atom stereocenters. The van der Waals surface area contributed by atoms with E-state index >= 15 is 0 Å². The van der Waals surface area contributed by atoms with E-state index in [1.54, 1.807) is 18.2 Å². The second-order valence-corrected chi connectivity index (χ2v) is 12.4. The summed E-state index contributed by atoms with van der Waals surface area (Å²) in [4.78, 5) is 24.2. The van der Waals surface area contributed by atoms with Gasteiger partial charge in [0.1, 0.15) is 0 Å². The normalized spacial score (nSPS) is 18.0. The van der Waals surface area contributed by atoms with E-state index in [0.29, 0.717) is 0 Å². The molecule has 3 fully saturated rings. The van der Waals surface area contributed by atoms with Gasteiger partial charge in [0.2, 0.25) is 5.97 Å². The average molecular weight is 800 g/mol. The number of aryl methyl sites for hydroxylation is 2. The Morgan fingerprint density at radius 2 is 1.26 bits per heavy atom. The molecule has 0 atom stereocenters. The number of anilines is 1. The van der Waals surface area contributed by atoms with Crippen LogP contribution in [-0.2, 0) is 45.8 Å². The zero-order valence-corrected chi connectivity index (χ0v) is 29.8. The van der Waals surface area contributed by atoms with Gasteiger partial charge in [-0.2, -0.15) is 36.5 Å². The molecule has 6 rings (SSSR count). The van der Waals surface area contributed by atoms with Gasteiger partial charge in [0.25, 0.3) is 0 Å². The molecule has 1 radical (unpaired) electrons. The van der Waals surface area contributed by atoms with Gasteiger partial charge in [-0.3, -0.25) is 0 Å². The summed E-state index contributed by atoms with van der Waals surface area (Å²) in [6.07, 6.45) is 4.34. The molecule has 3 aliphatic rings. The summed E-state index contributed by atoms with van der Waals surface area (Å²) in [5, 5.41) is 8.35. The predicted octanol–water partition coefficient (Wildman–Crippen LogP) is 4.14. The molecule has 0 amide bonds. The molecular weight excluding hydrogens is 753 g/mol. The van der Waals surface area contributed by atoms with Crippen LogP contribution in [0.4, 0.5) is 5.69 Å². The van der Waals surface area contributed by atoms with Crippen molar-refractivity contribution in [2.24, 2.45) is 0 Å². The predicted molar refractivity (Wildman–Crippen MR) is 180 cm³/mol. The van der Waals surface area contributed by atoms with Crippen LogP contribution in [0.15, 0.2) is 60.7 Å². The summed E-state index contributed by atoms with van der Waals surface area (Å²) in [7, 11) is 6.45. The maximum Gasteiger partial charge on any atom is 0.247 e. The monoisotopic (exact) mass is 800 g/mol. The van der Waals surface area contributed by atoms with Crippen LogP contribution in [0.25, 0.3) is 0 Å². The number of hydrogen-bond acceptors (Lipinski definition) is 7. The molecule has 9 heteroatoms. The van der Waals surface area contributed by atoms with Crippen LogP contribution >= 0.6 is 0 Å². The fourth-order valence-corrected chi connectivity index (χ4v) is 5.92. The Balaban J connectivity index is 0.000000416. The van der Waals surface area contributed by atoms with Crippen LogP contribution in [0.2, 0.25) is 0 Å². The number of aromatic carboxylic acids is 1. The minimum atomic E-state index is -0.935. The average Bonchev–Trinajstić information content (AvgIpc) is 3.80. The molecular formula is C37H47IrN6O2-5. The van der Waals surface area contributed by atoms with Gasteiger partial charge in [0.05, 0.1) is 0 Å². The molecule has 0 aromatic heterocycles. The van der Waals surface area contributed by atoms with Crippen molar-refractivity contribution >= 4 is 11.7 Å². The first-order chi connectivity index (χ1) is 21.8. The Kier molecular flexibility index (Phi) is 14.2. The number of carbonyl (C=O) groups is 1. The minimum absolute atomic E-state index is 0. The molecule has 3 heterocycles. The molecule has 8 nitrogen and oxygen atoms in total. The number of carboxylic acids is 1. The van der Waals surface area contributed by atoms with Crippen LogP contribution in [0.3, 0.4) is 0 Å². The quantitative estimate of drug-likeness (QED) is 0.291. The molecule has 3 aromatic carbocycles. The molecule has 251 valence electrons. The zero-order chi connectivity index (χ0) is 31.6. The van der Waals surface area contributed by atoms with E-state index < -0.39 is 5.97 Å². The topological polar surface area (TPSA) is 56.7 Å². The molecule has 46 heavy (non-hydrogen) atoms. The summed E-state index contributed by atoms with van der Waals surface area (Å²) in [5.74, 6) is -0.935. The van der Waals surface area contributed by atoms with Gasteiger partial charge in [0, 0.05) is 20.1 Å². The van der Waals surface area contributed by atoms with Crippen molar-refractivity contribution in [1.82, 2.24) is 24.5 Å². The molecule has 0 aliphatic carbocycles. The van der Waals surface area contributed by atoms with Crippen molar-refractivity contribution in [1.29, 1.82) is 0 Å². The molecule has 3 aliphatic heterocycles. The first-order valence-electron chi connectivity index (χ1n) is 16.0. The largest absolute Gasteiger partial charge is 0.528 e. The smallest absolute Gasteiger partial charge is 0.247 e. The maximum atomic E-state index is 10.2. The summed E-state index contributed by atoms with van der Waals surface area (Å²) in [6, 6.07) is 26.6. The third-order valence-corrected chi connectivity index (χ3v) is 8.53. The van der Waals surface area contributed by atoms with E-state index in [1.807, 2.05) is 0 Å². The van der Waals surface area contributed by atoms with Crippen molar-refractivity contribution < 1.29 is 30.0 Å². The van der Waals surface area contributed by atoms with E-state index in [0.717, 1.165) is 78.0 Å². The number of nitrogens with zero attached hydrogens (tertiary/aromatic N) is 6. The van der Waals surface area contributed by atoms with E-state index in [9.17, 15) is 4.79 Å². The maximum absolute atomic E-state index is 10.2. The molecule has 0 bridgehead atoms. The molecule has 0 spiro atoms. The first kappa shape index (κ1) is 36.2. The van der Waals surface area contributed by atoms with Crippen LogP contribution in [0.1, 0.15) is 32.6 Å². The SMILES string of the molecule is CN1[CH-]N(CCc2cc(CCc3c[c-]c(N4[CH-]N(C)CC4)cc3)cc(CCN3[CH-]N(C)CC3)c2)CC1.O=C(O)c1[c-]cccc1.[Ir]. The molecule has 3 aromatic rings. The van der Waals surface area contributed by atoms with Crippen molar-refractivity contribution in [3.8, 4) is 0 Å². The molecule has 1 N–H and O–H groups in total. The van der Waals surface area contributed by atoms with Crippen molar-refractivity contribution in [2.75, 3.05) is 78.4 Å².